The van der Waals surface area contributed by atoms with Crippen LogP contribution in [-0.4, -0.2) is 49.3 Å². The molecule has 2 fully saturated rings. The van der Waals surface area contributed by atoms with E-state index in [0.29, 0.717) is 35.1 Å². The summed E-state index contributed by atoms with van der Waals surface area (Å²) in [5, 5.41) is 0. The van der Waals surface area contributed by atoms with E-state index in [4.69, 9.17) is 4.74 Å². The molecular formula is C24H26N4O3S. The number of aromatic nitrogens is 3. The standard InChI is InChI=1S/C24H26N4O3S/c1-3-16-10-26-24(27-11-16)28-13-20-21(14-28)22(20)15-31-23-9-6-18(12-25-23)17-4-7-19(8-5-17)32(2,29)30/h4-12,20-22H,3,13-15H2,1-2H3. The quantitative estimate of drug-likeness (QED) is 0.546. The summed E-state index contributed by atoms with van der Waals surface area (Å²) in [4.78, 5) is 16.0. The van der Waals surface area contributed by atoms with Gasteiger partial charge < -0.3 is 9.64 Å². The molecule has 3 heterocycles. The molecule has 2 atom stereocenters. The molecule has 32 heavy (non-hydrogen) atoms. The normalized spacial score (nSPS) is 21.9. The minimum Gasteiger partial charge on any atom is -0.477 e. The fourth-order valence-corrected chi connectivity index (χ4v) is 5.10. The molecule has 5 rings (SSSR count). The predicted octanol–water partition coefficient (Wildman–Crippen LogP) is 3.27. The number of fused-ring (bicyclic) bond motifs is 1. The van der Waals surface area contributed by atoms with Crippen molar-refractivity contribution < 1.29 is 13.2 Å². The molecule has 0 radical (unpaired) electrons. The van der Waals surface area contributed by atoms with Gasteiger partial charge in [-0.25, -0.2) is 23.4 Å². The summed E-state index contributed by atoms with van der Waals surface area (Å²) >= 11 is 0. The van der Waals surface area contributed by atoms with Crippen LogP contribution in [0, 0.1) is 17.8 Å². The summed E-state index contributed by atoms with van der Waals surface area (Å²) in [6.07, 6.45) is 7.76. The Labute approximate surface area is 188 Å². The van der Waals surface area contributed by atoms with Crippen molar-refractivity contribution in [2.24, 2.45) is 17.8 Å². The van der Waals surface area contributed by atoms with Crippen molar-refractivity contribution in [2.75, 3.05) is 30.9 Å². The lowest BCUT2D eigenvalue weighted by Crippen LogP contribution is -2.27. The van der Waals surface area contributed by atoms with Crippen LogP contribution in [0.5, 0.6) is 5.88 Å². The second kappa shape index (κ2) is 8.16. The maximum atomic E-state index is 11.6. The molecule has 3 aromatic rings. The second-order valence-corrected chi connectivity index (χ2v) is 10.6. The molecule has 1 saturated carbocycles. The number of anilines is 1. The monoisotopic (exact) mass is 450 g/mol. The largest absolute Gasteiger partial charge is 0.477 e. The summed E-state index contributed by atoms with van der Waals surface area (Å²) in [6.45, 7) is 4.75. The molecule has 166 valence electrons. The number of rotatable bonds is 7. The van der Waals surface area contributed by atoms with Crippen molar-refractivity contribution in [3.8, 4) is 17.0 Å². The van der Waals surface area contributed by atoms with Crippen LogP contribution in [0.4, 0.5) is 5.95 Å². The molecule has 0 spiro atoms. The van der Waals surface area contributed by atoms with Crippen LogP contribution in [0.2, 0.25) is 0 Å². The number of nitrogens with zero attached hydrogens (tertiary/aromatic N) is 4. The minimum absolute atomic E-state index is 0.312. The van der Waals surface area contributed by atoms with Gasteiger partial charge >= 0.3 is 0 Å². The molecule has 0 amide bonds. The van der Waals surface area contributed by atoms with E-state index < -0.39 is 9.84 Å². The lowest BCUT2D eigenvalue weighted by molar-refractivity contribution is 0.273. The maximum Gasteiger partial charge on any atom is 0.225 e. The Morgan fingerprint density at radius 2 is 1.59 bits per heavy atom. The zero-order valence-corrected chi connectivity index (χ0v) is 19.0. The first kappa shape index (κ1) is 20.9. The van der Waals surface area contributed by atoms with Crippen molar-refractivity contribution in [3.63, 3.8) is 0 Å². The van der Waals surface area contributed by atoms with Crippen LogP contribution in [0.15, 0.2) is 59.9 Å². The average Bonchev–Trinajstić information content (AvgIpc) is 3.26. The molecule has 7 nitrogen and oxygen atoms in total. The molecule has 8 heteroatoms. The van der Waals surface area contributed by atoms with Crippen LogP contribution in [0.25, 0.3) is 11.1 Å². The summed E-state index contributed by atoms with van der Waals surface area (Å²) in [7, 11) is -3.19. The Hall–Kier alpha value is -3.00. The Balaban J connectivity index is 1.13. The number of pyridine rings is 1. The van der Waals surface area contributed by atoms with E-state index in [1.54, 1.807) is 30.5 Å². The Morgan fingerprint density at radius 1 is 0.938 bits per heavy atom. The van der Waals surface area contributed by atoms with Gasteiger partial charge in [0.25, 0.3) is 0 Å². The van der Waals surface area contributed by atoms with Gasteiger partial charge in [-0.2, -0.15) is 0 Å². The highest BCUT2D eigenvalue weighted by Crippen LogP contribution is 2.52. The predicted molar refractivity (Wildman–Crippen MR) is 122 cm³/mol. The topological polar surface area (TPSA) is 85.3 Å². The zero-order chi connectivity index (χ0) is 22.3. The molecule has 0 N–H and O–H groups in total. The first-order valence-electron chi connectivity index (χ1n) is 10.9. The summed E-state index contributed by atoms with van der Waals surface area (Å²) in [6, 6.07) is 10.6. The molecule has 1 aliphatic carbocycles. The molecule has 0 bridgehead atoms. The minimum atomic E-state index is -3.19. The van der Waals surface area contributed by atoms with Crippen LogP contribution in [-0.2, 0) is 16.3 Å². The smallest absolute Gasteiger partial charge is 0.225 e. The first-order chi connectivity index (χ1) is 15.4. The lowest BCUT2D eigenvalue weighted by atomic mass is 10.1. The van der Waals surface area contributed by atoms with Gasteiger partial charge in [0.1, 0.15) is 0 Å². The van der Waals surface area contributed by atoms with E-state index in [-0.39, 0.29) is 0 Å². The number of piperidine rings is 1. The average molecular weight is 451 g/mol. The summed E-state index contributed by atoms with van der Waals surface area (Å²) in [5.74, 6) is 3.28. The fraction of sp³-hybridized carbons (Fsp3) is 0.375. The highest BCUT2D eigenvalue weighted by molar-refractivity contribution is 7.90. The number of hydrogen-bond donors (Lipinski definition) is 0. The highest BCUT2D eigenvalue weighted by Gasteiger charge is 2.56. The van der Waals surface area contributed by atoms with E-state index in [1.807, 2.05) is 24.5 Å². The first-order valence-corrected chi connectivity index (χ1v) is 12.8. The van der Waals surface area contributed by atoms with Gasteiger partial charge in [-0.05, 0) is 47.6 Å². The Bertz CT molecular complexity index is 1180. The third-order valence-electron chi connectivity index (χ3n) is 6.53. The van der Waals surface area contributed by atoms with Gasteiger partial charge in [0.2, 0.25) is 11.8 Å². The van der Waals surface area contributed by atoms with Gasteiger partial charge in [-0.1, -0.05) is 19.1 Å². The number of sulfone groups is 1. The highest BCUT2D eigenvalue weighted by atomic mass is 32.2. The third-order valence-corrected chi connectivity index (χ3v) is 7.66. The number of aryl methyl sites for hydroxylation is 1. The van der Waals surface area contributed by atoms with Gasteiger partial charge in [0, 0.05) is 55.5 Å². The van der Waals surface area contributed by atoms with Crippen molar-refractivity contribution in [1.29, 1.82) is 0 Å². The van der Waals surface area contributed by atoms with Crippen molar-refractivity contribution in [3.05, 3.63) is 60.6 Å². The van der Waals surface area contributed by atoms with E-state index in [2.05, 4.69) is 26.8 Å². The van der Waals surface area contributed by atoms with Gasteiger partial charge in [0.15, 0.2) is 9.84 Å². The van der Waals surface area contributed by atoms with Gasteiger partial charge in [0.05, 0.1) is 11.5 Å². The number of hydrogen-bond acceptors (Lipinski definition) is 7. The lowest BCUT2D eigenvalue weighted by Gasteiger charge is -2.19. The van der Waals surface area contributed by atoms with E-state index in [1.165, 1.54) is 6.26 Å². The van der Waals surface area contributed by atoms with Crippen LogP contribution < -0.4 is 9.64 Å². The van der Waals surface area contributed by atoms with Gasteiger partial charge in [-0.15, -0.1) is 0 Å². The molecule has 1 saturated heterocycles. The van der Waals surface area contributed by atoms with Crippen LogP contribution >= 0.6 is 0 Å². The second-order valence-electron chi connectivity index (χ2n) is 8.63. The molecule has 2 unspecified atom stereocenters. The van der Waals surface area contributed by atoms with E-state index in [9.17, 15) is 8.42 Å². The van der Waals surface area contributed by atoms with Crippen molar-refractivity contribution >= 4 is 15.8 Å². The molecular weight excluding hydrogens is 424 g/mol. The molecule has 1 aliphatic heterocycles. The molecule has 2 aliphatic rings. The molecule has 1 aromatic carbocycles. The van der Waals surface area contributed by atoms with E-state index >= 15 is 0 Å². The third kappa shape index (κ3) is 4.19. The fourth-order valence-electron chi connectivity index (χ4n) is 4.47. The van der Waals surface area contributed by atoms with E-state index in [0.717, 1.165) is 42.1 Å². The van der Waals surface area contributed by atoms with Crippen molar-refractivity contribution in [2.45, 2.75) is 18.2 Å². The molecule has 2 aromatic heterocycles. The van der Waals surface area contributed by atoms with Crippen LogP contribution in [0.3, 0.4) is 0 Å². The van der Waals surface area contributed by atoms with Crippen molar-refractivity contribution in [1.82, 2.24) is 15.0 Å². The summed E-state index contributed by atoms with van der Waals surface area (Å²) < 4.78 is 29.2. The number of ether oxygens (including phenoxy) is 1. The number of benzene rings is 1. The summed E-state index contributed by atoms with van der Waals surface area (Å²) in [5.41, 5.74) is 3.00. The maximum absolute atomic E-state index is 11.6. The Kier molecular flexibility index (Phi) is 5.33. The van der Waals surface area contributed by atoms with Crippen LogP contribution in [0.1, 0.15) is 12.5 Å². The zero-order valence-electron chi connectivity index (χ0n) is 18.2. The van der Waals surface area contributed by atoms with Gasteiger partial charge in [-0.3, -0.25) is 0 Å². The SMILES string of the molecule is CCc1cnc(N2CC3C(COc4ccc(-c5ccc(S(C)(=O)=O)cc5)cn4)C3C2)nc1. The Morgan fingerprint density at radius 3 is 2.16 bits per heavy atom.